The van der Waals surface area contributed by atoms with E-state index in [-0.39, 0.29) is 11.1 Å². The predicted molar refractivity (Wildman–Crippen MR) is 106 cm³/mol. The Kier molecular flexibility index (Phi) is 4.87. The van der Waals surface area contributed by atoms with E-state index in [1.165, 1.54) is 12.1 Å². The van der Waals surface area contributed by atoms with Gasteiger partial charge in [-0.25, -0.2) is 0 Å². The summed E-state index contributed by atoms with van der Waals surface area (Å²) >= 11 is 0. The molecule has 1 aliphatic rings. The number of hydrogen-bond donors (Lipinski definition) is 1. The number of carbonyl (C=O) groups excluding carboxylic acids is 1. The lowest BCUT2D eigenvalue weighted by atomic mass is 9.65. The molecule has 2 N–H and O–H groups in total. The average Bonchev–Trinajstić information content (AvgIpc) is 2.86. The van der Waals surface area contributed by atoms with Crippen LogP contribution in [0, 0.1) is 6.92 Å². The molecule has 3 rings (SSSR count). The summed E-state index contributed by atoms with van der Waals surface area (Å²) in [6, 6.07) is 14.1. The topological polar surface area (TPSA) is 95.7 Å². The van der Waals surface area contributed by atoms with E-state index in [4.69, 9.17) is 38.2 Å². The lowest BCUT2D eigenvalue weighted by Gasteiger charge is -2.26. The van der Waals surface area contributed by atoms with Gasteiger partial charge in [-0.05, 0) is 18.1 Å². The third kappa shape index (κ3) is 3.22. The average molecular weight is 389 g/mol. The van der Waals surface area contributed by atoms with Crippen molar-refractivity contribution in [1.82, 2.24) is 0 Å². The van der Waals surface area contributed by atoms with Gasteiger partial charge < -0.3 is 14.7 Å². The highest BCUT2D eigenvalue weighted by atomic mass is 32.2. The van der Waals surface area contributed by atoms with E-state index < -0.39 is 37.6 Å². The third-order valence-corrected chi connectivity index (χ3v) is 5.80. The van der Waals surface area contributed by atoms with Crippen molar-refractivity contribution in [2.75, 3.05) is 0 Å². The van der Waals surface area contributed by atoms with E-state index in [0.29, 0.717) is 0 Å². The first-order chi connectivity index (χ1) is 13.0. The van der Waals surface area contributed by atoms with Crippen LogP contribution in [-0.4, -0.2) is 37.7 Å². The first-order valence-corrected chi connectivity index (χ1v) is 9.57. The molecule has 6 radical (unpaired) electrons. The molecule has 1 atom stereocenters. The number of hydrogen-bond acceptors (Lipinski definition) is 6. The summed E-state index contributed by atoms with van der Waals surface area (Å²) in [4.78, 5) is 12.8. The molecule has 6 nitrogen and oxygen atoms in total. The molecule has 0 spiro atoms. The fourth-order valence-corrected chi connectivity index (χ4v) is 3.58. The summed E-state index contributed by atoms with van der Waals surface area (Å²) in [7, 11) is 12.9. The van der Waals surface area contributed by atoms with Crippen LogP contribution in [0.15, 0.2) is 66.2 Å². The fourth-order valence-electron chi connectivity index (χ4n) is 2.64. The Morgan fingerprint density at radius 1 is 1.07 bits per heavy atom. The van der Waals surface area contributed by atoms with Gasteiger partial charge in [-0.3, -0.25) is 4.79 Å². The Bertz CT molecular complexity index is 1050. The molecule has 1 aliphatic heterocycles. The van der Waals surface area contributed by atoms with Gasteiger partial charge in [0.1, 0.15) is 7.85 Å². The number of benzene rings is 2. The summed E-state index contributed by atoms with van der Waals surface area (Å²) in [5, 5.41) is 0. The number of carbonyl (C=O) groups is 1. The van der Waals surface area contributed by atoms with Crippen LogP contribution in [0.4, 0.5) is 0 Å². The summed E-state index contributed by atoms with van der Waals surface area (Å²) in [6.07, 6.45) is 0. The molecular formula is C18H14B3NO5S. The van der Waals surface area contributed by atoms with Crippen LogP contribution in [0.2, 0.25) is 0 Å². The van der Waals surface area contributed by atoms with Gasteiger partial charge in [0.25, 0.3) is 0 Å². The standard InChI is InChI=1S/C18H14B3NO5S/c1-11-7-9-12(10-8-11)17(19)15(23)14(16(22)26-17)27-28(24,25)18(20,21)13-5-3-2-4-6-13/h2-10H,22H2,1H3. The molecular weight excluding hydrogens is 375 g/mol. The molecule has 0 aliphatic carbocycles. The van der Waals surface area contributed by atoms with E-state index >= 15 is 0 Å². The minimum absolute atomic E-state index is 0.0538. The normalized spacial score (nSPS) is 20.1. The van der Waals surface area contributed by atoms with Crippen molar-refractivity contribution in [3.8, 4) is 0 Å². The van der Waals surface area contributed by atoms with Gasteiger partial charge in [-0.1, -0.05) is 60.2 Å². The zero-order valence-corrected chi connectivity index (χ0v) is 15.8. The zero-order chi connectivity index (χ0) is 20.7. The van der Waals surface area contributed by atoms with Crippen molar-refractivity contribution in [3.05, 3.63) is 82.9 Å². The van der Waals surface area contributed by atoms with Crippen LogP contribution in [0.1, 0.15) is 16.7 Å². The van der Waals surface area contributed by atoms with E-state index in [1.807, 2.05) is 6.92 Å². The first kappa shape index (κ1) is 20.1. The second-order valence-corrected chi connectivity index (χ2v) is 8.17. The van der Waals surface area contributed by atoms with E-state index in [1.54, 1.807) is 42.5 Å². The van der Waals surface area contributed by atoms with Crippen molar-refractivity contribution >= 4 is 39.4 Å². The molecule has 2 aromatic carbocycles. The molecule has 0 aromatic heterocycles. The molecule has 136 valence electrons. The minimum atomic E-state index is -4.74. The quantitative estimate of drug-likeness (QED) is 0.593. The highest BCUT2D eigenvalue weighted by Gasteiger charge is 2.50. The molecule has 0 saturated heterocycles. The van der Waals surface area contributed by atoms with Crippen LogP contribution in [0.3, 0.4) is 0 Å². The maximum atomic E-state index is 12.8. The maximum absolute atomic E-state index is 12.8. The number of ether oxygens (including phenoxy) is 1. The fraction of sp³-hybridized carbons (Fsp3) is 0.167. The van der Waals surface area contributed by atoms with Gasteiger partial charge in [0.2, 0.25) is 17.4 Å². The molecule has 0 bridgehead atoms. The SMILES string of the molecule is [B]C1(c2ccc(C)cc2)OC(N)=C(OS(=O)(=O)C([B])([B])c2ccccc2)C1=O. The first-order valence-electron chi connectivity index (χ1n) is 8.16. The van der Waals surface area contributed by atoms with Gasteiger partial charge in [-0.2, -0.15) is 8.42 Å². The molecule has 0 amide bonds. The van der Waals surface area contributed by atoms with Crippen molar-refractivity contribution in [1.29, 1.82) is 0 Å². The summed E-state index contributed by atoms with van der Waals surface area (Å²) < 4.78 is 33.1. The Labute approximate surface area is 167 Å². The van der Waals surface area contributed by atoms with Gasteiger partial charge in [0.15, 0.2) is 5.50 Å². The highest BCUT2D eigenvalue weighted by molar-refractivity contribution is 7.90. The smallest absolute Gasteiger partial charge is 0.302 e. The van der Waals surface area contributed by atoms with Crippen LogP contribution in [0.25, 0.3) is 0 Å². The van der Waals surface area contributed by atoms with Crippen LogP contribution < -0.4 is 5.73 Å². The Morgan fingerprint density at radius 3 is 2.21 bits per heavy atom. The van der Waals surface area contributed by atoms with Gasteiger partial charge in [0, 0.05) is 0 Å². The maximum Gasteiger partial charge on any atom is 0.302 e. The largest absolute Gasteiger partial charge is 0.467 e. The zero-order valence-electron chi connectivity index (χ0n) is 15.0. The van der Waals surface area contributed by atoms with E-state index in [2.05, 4.69) is 0 Å². The highest BCUT2D eigenvalue weighted by Crippen LogP contribution is 2.37. The van der Waals surface area contributed by atoms with Gasteiger partial charge in [-0.15, -0.1) is 0 Å². The van der Waals surface area contributed by atoms with Gasteiger partial charge in [0.05, 0.1) is 20.2 Å². The summed E-state index contributed by atoms with van der Waals surface area (Å²) in [6.45, 7) is 1.85. The lowest BCUT2D eigenvalue weighted by molar-refractivity contribution is -0.126. The predicted octanol–water partition coefficient (Wildman–Crippen LogP) is 0.537. The minimum Gasteiger partial charge on any atom is -0.467 e. The number of Topliss-reactive ketones (excluding diaryl/α,β-unsaturated/α-hetero) is 1. The van der Waals surface area contributed by atoms with E-state index in [0.717, 1.165) is 5.56 Å². The third-order valence-electron chi connectivity index (χ3n) is 4.35. The van der Waals surface area contributed by atoms with Crippen LogP contribution >= 0.6 is 0 Å². The Morgan fingerprint density at radius 2 is 1.64 bits per heavy atom. The molecule has 10 heteroatoms. The second-order valence-electron chi connectivity index (χ2n) is 6.42. The molecule has 2 aromatic rings. The number of aryl methyl sites for hydroxylation is 1. The van der Waals surface area contributed by atoms with Gasteiger partial charge >= 0.3 is 10.1 Å². The monoisotopic (exact) mass is 389 g/mol. The summed E-state index contributed by atoms with van der Waals surface area (Å²) in [5.41, 5.74) is 4.92. The molecule has 28 heavy (non-hydrogen) atoms. The molecule has 0 fully saturated rings. The van der Waals surface area contributed by atoms with Crippen LogP contribution in [-0.2, 0) is 33.9 Å². The Hall–Kier alpha value is -2.61. The lowest BCUT2D eigenvalue weighted by Crippen LogP contribution is -2.40. The molecule has 1 heterocycles. The molecule has 0 saturated carbocycles. The molecule has 1 unspecified atom stereocenters. The second kappa shape index (κ2) is 6.77. The van der Waals surface area contributed by atoms with Crippen molar-refractivity contribution in [2.24, 2.45) is 5.73 Å². The summed E-state index contributed by atoms with van der Waals surface area (Å²) in [5.74, 6) is -2.33. The van der Waals surface area contributed by atoms with Crippen molar-refractivity contribution < 1.29 is 22.1 Å². The number of nitrogens with two attached hydrogens (primary N) is 1. The van der Waals surface area contributed by atoms with Crippen LogP contribution in [0.5, 0.6) is 0 Å². The van der Waals surface area contributed by atoms with Crippen molar-refractivity contribution in [3.63, 3.8) is 0 Å². The van der Waals surface area contributed by atoms with E-state index in [9.17, 15) is 13.2 Å². The Balaban J connectivity index is 1.93. The number of rotatable bonds is 5. The van der Waals surface area contributed by atoms with Crippen molar-refractivity contribution in [2.45, 2.75) is 17.0 Å². The number of ketones is 1.